The van der Waals surface area contributed by atoms with Crippen LogP contribution in [0.5, 0.6) is 0 Å². The third kappa shape index (κ3) is 3.53. The Kier molecular flexibility index (Phi) is 4.54. The molecule has 0 radical (unpaired) electrons. The number of thiazole rings is 1. The summed E-state index contributed by atoms with van der Waals surface area (Å²) in [6.45, 7) is 13.1. The summed E-state index contributed by atoms with van der Waals surface area (Å²) in [5.74, 6) is 0.407. The van der Waals surface area contributed by atoms with E-state index in [0.29, 0.717) is 5.92 Å². The third-order valence-electron chi connectivity index (χ3n) is 3.64. The minimum absolute atomic E-state index is 0.0440. The first-order valence-electron chi connectivity index (χ1n) is 7.57. The molecule has 1 aromatic heterocycles. The lowest BCUT2D eigenvalue weighted by atomic mass is 9.87. The second kappa shape index (κ2) is 5.90. The van der Waals surface area contributed by atoms with E-state index in [1.807, 2.05) is 6.92 Å². The molecule has 3 heteroatoms. The van der Waals surface area contributed by atoms with Crippen molar-refractivity contribution in [3.63, 3.8) is 0 Å². The second-order valence-electron chi connectivity index (χ2n) is 7.04. The number of benzene rings is 1. The Morgan fingerprint density at radius 2 is 1.62 bits per heavy atom. The van der Waals surface area contributed by atoms with Crippen LogP contribution in [0.3, 0.4) is 0 Å². The minimum atomic E-state index is 0.0440. The zero-order valence-electron chi connectivity index (χ0n) is 13.9. The van der Waals surface area contributed by atoms with Crippen LogP contribution in [0.1, 0.15) is 69.6 Å². The van der Waals surface area contributed by atoms with Crippen LogP contribution in [0.15, 0.2) is 24.3 Å². The maximum Gasteiger partial charge on any atom is 0.123 e. The van der Waals surface area contributed by atoms with Crippen molar-refractivity contribution in [3.8, 4) is 10.6 Å². The van der Waals surface area contributed by atoms with Crippen molar-refractivity contribution in [3.05, 3.63) is 40.4 Å². The first kappa shape index (κ1) is 16.2. The lowest BCUT2D eigenvalue weighted by Gasteiger charge is -2.18. The fourth-order valence-electron chi connectivity index (χ4n) is 2.32. The van der Waals surface area contributed by atoms with E-state index < -0.39 is 0 Å². The summed E-state index contributed by atoms with van der Waals surface area (Å²) >= 11 is 1.73. The Morgan fingerprint density at radius 1 is 1.05 bits per heavy atom. The Balaban J connectivity index is 2.41. The highest BCUT2D eigenvalue weighted by Gasteiger charge is 2.18. The third-order valence-corrected chi connectivity index (χ3v) is 4.96. The quantitative estimate of drug-likeness (QED) is 0.841. The van der Waals surface area contributed by atoms with Gasteiger partial charge in [0, 0.05) is 16.5 Å². The van der Waals surface area contributed by atoms with Gasteiger partial charge in [-0.3, -0.25) is 0 Å². The van der Waals surface area contributed by atoms with Gasteiger partial charge in [-0.2, -0.15) is 0 Å². The zero-order chi connectivity index (χ0) is 15.8. The molecule has 2 nitrogen and oxygen atoms in total. The molecule has 0 saturated carbocycles. The lowest BCUT2D eigenvalue weighted by molar-refractivity contribution is 0.590. The molecule has 0 aliphatic carbocycles. The van der Waals surface area contributed by atoms with Gasteiger partial charge >= 0.3 is 0 Å². The number of hydrogen-bond acceptors (Lipinski definition) is 3. The fraction of sp³-hybridized carbons (Fsp3) is 0.500. The van der Waals surface area contributed by atoms with Crippen LogP contribution >= 0.6 is 11.3 Å². The number of aromatic nitrogens is 1. The Bertz CT molecular complexity index is 576. The van der Waals surface area contributed by atoms with Gasteiger partial charge in [-0.05, 0) is 23.8 Å². The van der Waals surface area contributed by atoms with Crippen LogP contribution in [0.25, 0.3) is 10.6 Å². The molecule has 0 aliphatic rings. The fourth-order valence-corrected chi connectivity index (χ4v) is 3.50. The van der Waals surface area contributed by atoms with Crippen molar-refractivity contribution >= 4 is 11.3 Å². The van der Waals surface area contributed by atoms with Gasteiger partial charge in [-0.25, -0.2) is 4.98 Å². The average molecular weight is 302 g/mol. The summed E-state index contributed by atoms with van der Waals surface area (Å²) in [5.41, 5.74) is 9.95. The van der Waals surface area contributed by atoms with E-state index in [-0.39, 0.29) is 11.5 Å². The van der Waals surface area contributed by atoms with E-state index >= 15 is 0 Å². The number of nitrogens with two attached hydrogens (primary N) is 1. The van der Waals surface area contributed by atoms with Gasteiger partial charge < -0.3 is 5.73 Å². The molecule has 1 aromatic carbocycles. The molecule has 0 amide bonds. The smallest absolute Gasteiger partial charge is 0.123 e. The van der Waals surface area contributed by atoms with Gasteiger partial charge in [0.15, 0.2) is 0 Å². The van der Waals surface area contributed by atoms with Crippen molar-refractivity contribution in [2.24, 2.45) is 5.73 Å². The number of hydrogen-bond donors (Lipinski definition) is 1. The van der Waals surface area contributed by atoms with Crippen molar-refractivity contribution in [1.29, 1.82) is 0 Å². The minimum Gasteiger partial charge on any atom is -0.323 e. The SMILES string of the molecule is CC(C)c1nc(-c2ccc(C(C)(C)C)cc2)sc1C(C)N. The number of nitrogens with zero attached hydrogens (tertiary/aromatic N) is 1. The summed E-state index contributed by atoms with van der Waals surface area (Å²) in [5, 5.41) is 1.08. The average Bonchev–Trinajstić information content (AvgIpc) is 2.83. The molecule has 1 unspecified atom stereocenters. The van der Waals surface area contributed by atoms with E-state index in [1.54, 1.807) is 11.3 Å². The van der Waals surface area contributed by atoms with Gasteiger partial charge in [0.05, 0.1) is 5.69 Å². The Hall–Kier alpha value is -1.19. The molecule has 1 atom stereocenters. The molecule has 114 valence electrons. The summed E-state index contributed by atoms with van der Waals surface area (Å²) < 4.78 is 0. The molecular weight excluding hydrogens is 276 g/mol. The van der Waals surface area contributed by atoms with Gasteiger partial charge in [0.25, 0.3) is 0 Å². The van der Waals surface area contributed by atoms with Crippen LogP contribution < -0.4 is 5.73 Å². The summed E-state index contributed by atoms with van der Waals surface area (Å²) in [6, 6.07) is 8.81. The van der Waals surface area contributed by atoms with E-state index in [1.165, 1.54) is 16.0 Å². The Labute approximate surface area is 132 Å². The van der Waals surface area contributed by atoms with Gasteiger partial charge in [-0.15, -0.1) is 11.3 Å². The van der Waals surface area contributed by atoms with E-state index in [2.05, 4.69) is 58.9 Å². The molecule has 0 bridgehead atoms. The normalized spacial score (nSPS) is 13.7. The van der Waals surface area contributed by atoms with Crippen molar-refractivity contribution < 1.29 is 0 Å². The van der Waals surface area contributed by atoms with Crippen LogP contribution in [0, 0.1) is 0 Å². The predicted molar refractivity (Wildman–Crippen MR) is 92.9 cm³/mol. The van der Waals surface area contributed by atoms with Crippen LogP contribution in [0.2, 0.25) is 0 Å². The van der Waals surface area contributed by atoms with Gasteiger partial charge in [-0.1, -0.05) is 58.9 Å². The summed E-state index contributed by atoms with van der Waals surface area (Å²) in [6.07, 6.45) is 0. The van der Waals surface area contributed by atoms with Crippen LogP contribution in [-0.4, -0.2) is 4.98 Å². The van der Waals surface area contributed by atoms with E-state index in [9.17, 15) is 0 Å². The molecule has 0 fully saturated rings. The molecule has 1 heterocycles. The monoisotopic (exact) mass is 302 g/mol. The van der Waals surface area contributed by atoms with E-state index in [4.69, 9.17) is 10.7 Å². The molecule has 2 aromatic rings. The molecule has 2 N–H and O–H groups in total. The predicted octanol–water partition coefficient (Wildman–Crippen LogP) is 5.25. The van der Waals surface area contributed by atoms with Crippen molar-refractivity contribution in [2.75, 3.05) is 0 Å². The first-order valence-corrected chi connectivity index (χ1v) is 8.39. The number of rotatable bonds is 3. The highest BCUT2D eigenvalue weighted by molar-refractivity contribution is 7.15. The summed E-state index contributed by atoms with van der Waals surface area (Å²) in [7, 11) is 0. The van der Waals surface area contributed by atoms with Crippen molar-refractivity contribution in [2.45, 2.75) is 58.9 Å². The topological polar surface area (TPSA) is 38.9 Å². The largest absolute Gasteiger partial charge is 0.323 e. The molecule has 2 rings (SSSR count). The highest BCUT2D eigenvalue weighted by Crippen LogP contribution is 2.35. The Morgan fingerprint density at radius 3 is 2.00 bits per heavy atom. The first-order chi connectivity index (χ1) is 9.70. The second-order valence-corrected chi connectivity index (χ2v) is 8.07. The van der Waals surface area contributed by atoms with Gasteiger partial charge in [0.1, 0.15) is 5.01 Å². The molecular formula is C18H26N2S. The maximum atomic E-state index is 6.10. The maximum absolute atomic E-state index is 6.10. The lowest BCUT2D eigenvalue weighted by Crippen LogP contribution is -2.10. The van der Waals surface area contributed by atoms with Crippen LogP contribution in [-0.2, 0) is 5.41 Å². The summed E-state index contributed by atoms with van der Waals surface area (Å²) in [4.78, 5) is 6.04. The van der Waals surface area contributed by atoms with Crippen LogP contribution in [0.4, 0.5) is 0 Å². The molecule has 21 heavy (non-hydrogen) atoms. The van der Waals surface area contributed by atoms with Gasteiger partial charge in [0.2, 0.25) is 0 Å². The highest BCUT2D eigenvalue weighted by atomic mass is 32.1. The molecule has 0 aliphatic heterocycles. The molecule has 0 spiro atoms. The molecule has 0 saturated heterocycles. The van der Waals surface area contributed by atoms with Crippen molar-refractivity contribution in [1.82, 2.24) is 4.98 Å². The zero-order valence-corrected chi connectivity index (χ0v) is 14.7. The standard InChI is InChI=1S/C18H26N2S/c1-11(2)15-16(12(3)19)21-17(20-15)13-7-9-14(10-8-13)18(4,5)6/h7-12H,19H2,1-6H3. The van der Waals surface area contributed by atoms with E-state index in [0.717, 1.165) is 10.7 Å².